The van der Waals surface area contributed by atoms with Gasteiger partial charge >= 0.3 is 0 Å². The number of nitrogens with zero attached hydrogens (tertiary/aromatic N) is 1. The summed E-state index contributed by atoms with van der Waals surface area (Å²) in [5.41, 5.74) is 6.81. The predicted molar refractivity (Wildman–Crippen MR) is 95.1 cm³/mol. The fraction of sp³-hybridized carbons (Fsp3) is 0.375. The number of nitrogens with one attached hydrogen (secondary N) is 1. The van der Waals surface area contributed by atoms with Gasteiger partial charge in [-0.05, 0) is 44.0 Å². The standard InChI is InChI=1S/C16H18FN3O2S.ClH/c1-10-13(11-2-4-12(17)5-3-11)19-15(23-10)20-14(21)16(18)6-8-22-9-7-16;/h2-5H,6-9,18H2,1H3,(H,19,20,21);1H. The number of hydrogen-bond acceptors (Lipinski definition) is 5. The van der Waals surface area contributed by atoms with E-state index in [1.54, 1.807) is 12.1 Å². The van der Waals surface area contributed by atoms with E-state index in [0.717, 1.165) is 16.1 Å². The number of amides is 1. The second kappa shape index (κ2) is 7.57. The molecule has 0 bridgehead atoms. The Kier molecular flexibility index (Phi) is 5.92. The van der Waals surface area contributed by atoms with Gasteiger partial charge < -0.3 is 15.8 Å². The van der Waals surface area contributed by atoms with Crippen molar-refractivity contribution in [3.8, 4) is 11.3 Å². The lowest BCUT2D eigenvalue weighted by Gasteiger charge is -2.31. The number of halogens is 2. The van der Waals surface area contributed by atoms with Crippen molar-refractivity contribution in [2.75, 3.05) is 18.5 Å². The summed E-state index contributed by atoms with van der Waals surface area (Å²) in [5.74, 6) is -0.528. The Morgan fingerprint density at radius 1 is 1.33 bits per heavy atom. The molecule has 0 radical (unpaired) electrons. The maximum Gasteiger partial charge on any atom is 0.246 e. The lowest BCUT2D eigenvalue weighted by atomic mass is 9.90. The second-order valence-corrected chi connectivity index (χ2v) is 6.86. The summed E-state index contributed by atoms with van der Waals surface area (Å²) in [6.45, 7) is 2.89. The third-order valence-electron chi connectivity index (χ3n) is 3.97. The third-order valence-corrected chi connectivity index (χ3v) is 4.86. The highest BCUT2D eigenvalue weighted by Gasteiger charge is 2.36. The van der Waals surface area contributed by atoms with E-state index in [4.69, 9.17) is 10.5 Å². The average molecular weight is 372 g/mol. The van der Waals surface area contributed by atoms with Gasteiger partial charge in [-0.25, -0.2) is 9.37 Å². The molecule has 0 atom stereocenters. The van der Waals surface area contributed by atoms with E-state index in [-0.39, 0.29) is 24.1 Å². The van der Waals surface area contributed by atoms with E-state index >= 15 is 0 Å². The number of thiazole rings is 1. The van der Waals surface area contributed by atoms with Crippen LogP contribution in [0, 0.1) is 12.7 Å². The number of hydrogen-bond donors (Lipinski definition) is 2. The molecule has 1 saturated heterocycles. The highest BCUT2D eigenvalue weighted by molar-refractivity contribution is 7.16. The molecule has 0 spiro atoms. The van der Waals surface area contributed by atoms with Crippen LogP contribution in [0.3, 0.4) is 0 Å². The Hall–Kier alpha value is -1.54. The fourth-order valence-electron chi connectivity index (χ4n) is 2.51. The van der Waals surface area contributed by atoms with Gasteiger partial charge in [0.15, 0.2) is 5.13 Å². The van der Waals surface area contributed by atoms with Crippen molar-refractivity contribution in [3.05, 3.63) is 35.0 Å². The highest BCUT2D eigenvalue weighted by Crippen LogP contribution is 2.31. The second-order valence-electron chi connectivity index (χ2n) is 5.65. The molecule has 1 aromatic carbocycles. The van der Waals surface area contributed by atoms with Gasteiger partial charge in [0, 0.05) is 23.7 Å². The summed E-state index contributed by atoms with van der Waals surface area (Å²) in [6, 6.07) is 6.13. The van der Waals surface area contributed by atoms with Crippen LogP contribution in [0.25, 0.3) is 11.3 Å². The largest absolute Gasteiger partial charge is 0.381 e. The first-order valence-electron chi connectivity index (χ1n) is 7.39. The van der Waals surface area contributed by atoms with Gasteiger partial charge in [-0.1, -0.05) is 0 Å². The van der Waals surface area contributed by atoms with Crippen molar-refractivity contribution < 1.29 is 13.9 Å². The first-order valence-corrected chi connectivity index (χ1v) is 8.21. The number of ether oxygens (including phenoxy) is 1. The molecule has 0 aliphatic carbocycles. The highest BCUT2D eigenvalue weighted by atomic mass is 35.5. The number of aromatic nitrogens is 1. The summed E-state index contributed by atoms with van der Waals surface area (Å²) >= 11 is 1.38. The number of nitrogens with two attached hydrogens (primary N) is 1. The molecule has 130 valence electrons. The molecule has 2 aromatic rings. The summed E-state index contributed by atoms with van der Waals surface area (Å²) in [5, 5.41) is 3.31. The van der Waals surface area contributed by atoms with Crippen molar-refractivity contribution in [1.29, 1.82) is 0 Å². The van der Waals surface area contributed by atoms with Crippen LogP contribution < -0.4 is 11.1 Å². The van der Waals surface area contributed by atoms with Crippen LogP contribution in [-0.4, -0.2) is 29.6 Å². The van der Waals surface area contributed by atoms with Crippen molar-refractivity contribution >= 4 is 34.8 Å². The topological polar surface area (TPSA) is 77.2 Å². The van der Waals surface area contributed by atoms with Gasteiger partial charge in [-0.15, -0.1) is 23.7 Å². The summed E-state index contributed by atoms with van der Waals surface area (Å²) in [6.07, 6.45) is 0.988. The molecule has 1 aliphatic rings. The molecule has 24 heavy (non-hydrogen) atoms. The molecule has 1 aliphatic heterocycles. The molecule has 2 heterocycles. The minimum atomic E-state index is -0.909. The number of carbonyl (C=O) groups is 1. The SMILES string of the molecule is Cc1sc(NC(=O)C2(N)CCOCC2)nc1-c1ccc(F)cc1.Cl. The van der Waals surface area contributed by atoms with Crippen LogP contribution in [-0.2, 0) is 9.53 Å². The Morgan fingerprint density at radius 3 is 2.58 bits per heavy atom. The summed E-state index contributed by atoms with van der Waals surface area (Å²) in [4.78, 5) is 17.8. The number of aryl methyl sites for hydroxylation is 1. The maximum atomic E-state index is 13.0. The van der Waals surface area contributed by atoms with Crippen LogP contribution in [0.15, 0.2) is 24.3 Å². The average Bonchev–Trinajstić information content (AvgIpc) is 2.89. The van der Waals surface area contributed by atoms with Crippen molar-refractivity contribution in [1.82, 2.24) is 4.98 Å². The zero-order valence-electron chi connectivity index (χ0n) is 13.2. The molecule has 8 heteroatoms. The van der Waals surface area contributed by atoms with E-state index in [2.05, 4.69) is 10.3 Å². The Balaban J connectivity index is 0.00000208. The van der Waals surface area contributed by atoms with Gasteiger partial charge in [-0.2, -0.15) is 0 Å². The van der Waals surface area contributed by atoms with Crippen LogP contribution in [0.5, 0.6) is 0 Å². The Bertz CT molecular complexity index is 715. The zero-order chi connectivity index (χ0) is 16.4. The van der Waals surface area contributed by atoms with E-state index in [9.17, 15) is 9.18 Å². The fourth-order valence-corrected chi connectivity index (χ4v) is 3.34. The number of anilines is 1. The van der Waals surface area contributed by atoms with Gasteiger partial charge in [0.25, 0.3) is 0 Å². The van der Waals surface area contributed by atoms with Gasteiger partial charge in [-0.3, -0.25) is 4.79 Å². The zero-order valence-corrected chi connectivity index (χ0v) is 14.8. The lowest BCUT2D eigenvalue weighted by molar-refractivity contribution is -0.124. The monoisotopic (exact) mass is 371 g/mol. The number of rotatable bonds is 3. The molecule has 1 fully saturated rings. The summed E-state index contributed by atoms with van der Waals surface area (Å²) in [7, 11) is 0. The molecule has 0 saturated carbocycles. The van der Waals surface area contributed by atoms with E-state index in [1.807, 2.05) is 6.92 Å². The molecule has 3 N–H and O–H groups in total. The normalized spacial score (nSPS) is 16.3. The van der Waals surface area contributed by atoms with Crippen LogP contribution in [0.2, 0.25) is 0 Å². The van der Waals surface area contributed by atoms with E-state index < -0.39 is 5.54 Å². The molecule has 5 nitrogen and oxygen atoms in total. The minimum absolute atomic E-state index is 0. The number of carbonyl (C=O) groups excluding carboxylic acids is 1. The quantitative estimate of drug-likeness (QED) is 0.869. The first kappa shape index (κ1) is 18.8. The van der Waals surface area contributed by atoms with Crippen LogP contribution >= 0.6 is 23.7 Å². The van der Waals surface area contributed by atoms with Crippen molar-refractivity contribution in [2.45, 2.75) is 25.3 Å². The third kappa shape index (κ3) is 3.92. The molecular weight excluding hydrogens is 353 g/mol. The molecule has 1 amide bonds. The van der Waals surface area contributed by atoms with Crippen LogP contribution in [0.1, 0.15) is 17.7 Å². The van der Waals surface area contributed by atoms with Gasteiger partial charge in [0.1, 0.15) is 11.4 Å². The predicted octanol–water partition coefficient (Wildman–Crippen LogP) is 3.13. The Morgan fingerprint density at radius 2 is 1.96 bits per heavy atom. The van der Waals surface area contributed by atoms with Crippen molar-refractivity contribution in [2.24, 2.45) is 5.73 Å². The Labute approximate surface area is 149 Å². The minimum Gasteiger partial charge on any atom is -0.381 e. The van der Waals surface area contributed by atoms with E-state index in [1.165, 1.54) is 23.5 Å². The number of benzene rings is 1. The smallest absolute Gasteiger partial charge is 0.246 e. The maximum absolute atomic E-state index is 13.0. The van der Waals surface area contributed by atoms with Crippen molar-refractivity contribution in [3.63, 3.8) is 0 Å². The first-order chi connectivity index (χ1) is 11.0. The van der Waals surface area contributed by atoms with Gasteiger partial charge in [0.05, 0.1) is 5.69 Å². The molecular formula is C16H19ClFN3O2S. The van der Waals surface area contributed by atoms with Gasteiger partial charge in [0.2, 0.25) is 5.91 Å². The lowest BCUT2D eigenvalue weighted by Crippen LogP contribution is -2.54. The van der Waals surface area contributed by atoms with E-state index in [0.29, 0.717) is 31.2 Å². The molecule has 3 rings (SSSR count). The molecule has 0 unspecified atom stereocenters. The summed E-state index contributed by atoms with van der Waals surface area (Å²) < 4.78 is 18.3. The molecule has 1 aromatic heterocycles. The van der Waals surface area contributed by atoms with Crippen LogP contribution in [0.4, 0.5) is 9.52 Å².